The van der Waals surface area contributed by atoms with Crippen molar-refractivity contribution in [3.8, 4) is 5.75 Å². The predicted octanol–water partition coefficient (Wildman–Crippen LogP) is 4.04. The van der Waals surface area contributed by atoms with Gasteiger partial charge in [-0.15, -0.1) is 0 Å². The topological polar surface area (TPSA) is 35.2 Å². The highest BCUT2D eigenvalue weighted by Gasteiger charge is 2.12. The third-order valence-electron chi connectivity index (χ3n) is 2.85. The van der Waals surface area contributed by atoms with Gasteiger partial charge in [-0.1, -0.05) is 34.1 Å². The van der Waals surface area contributed by atoms with E-state index in [0.29, 0.717) is 11.1 Å². The Balaban J connectivity index is 2.25. The molecule has 0 amide bonds. The minimum Gasteiger partial charge on any atom is -0.494 e. The monoisotopic (exact) mass is 323 g/mol. The van der Waals surface area contributed by atoms with Crippen LogP contribution >= 0.6 is 15.9 Å². The summed E-state index contributed by atoms with van der Waals surface area (Å²) in [6.07, 6.45) is 0. The molecule has 0 bridgehead atoms. The van der Waals surface area contributed by atoms with Crippen molar-refractivity contribution >= 4 is 15.9 Å². The van der Waals surface area contributed by atoms with Crippen molar-refractivity contribution in [2.45, 2.75) is 13.0 Å². The third-order valence-corrected chi connectivity index (χ3v) is 3.53. The molecule has 2 aromatic rings. The highest BCUT2D eigenvalue weighted by Crippen LogP contribution is 2.28. The van der Waals surface area contributed by atoms with Crippen LogP contribution in [0, 0.1) is 5.82 Å². The Morgan fingerprint density at radius 3 is 2.47 bits per heavy atom. The summed E-state index contributed by atoms with van der Waals surface area (Å²) in [5, 5.41) is 0. The predicted molar refractivity (Wildman–Crippen MR) is 77.7 cm³/mol. The lowest BCUT2D eigenvalue weighted by atomic mass is 9.99. The molecule has 2 rings (SSSR count). The maximum absolute atomic E-state index is 13.1. The SMILES string of the molecule is CCOc1ccc(C(N)c2ccc(F)cc2Br)cc1. The molecule has 1 unspecified atom stereocenters. The van der Waals surface area contributed by atoms with Crippen LogP contribution in [0.2, 0.25) is 0 Å². The van der Waals surface area contributed by atoms with Crippen LogP contribution in [0.15, 0.2) is 46.9 Å². The summed E-state index contributed by atoms with van der Waals surface area (Å²) in [6, 6.07) is 11.8. The standard InChI is InChI=1S/C15H15BrFNO/c1-2-19-12-6-3-10(4-7-12)15(18)13-8-5-11(17)9-14(13)16/h3-9,15H,2,18H2,1H3. The molecule has 2 nitrogen and oxygen atoms in total. The molecule has 0 aromatic heterocycles. The molecular weight excluding hydrogens is 309 g/mol. The molecule has 4 heteroatoms. The molecule has 0 aliphatic rings. The van der Waals surface area contributed by atoms with E-state index in [2.05, 4.69) is 15.9 Å². The van der Waals surface area contributed by atoms with Crippen LogP contribution in [0.3, 0.4) is 0 Å². The summed E-state index contributed by atoms with van der Waals surface area (Å²) in [7, 11) is 0. The van der Waals surface area contributed by atoms with Crippen LogP contribution in [-0.2, 0) is 0 Å². The zero-order valence-electron chi connectivity index (χ0n) is 10.6. The number of hydrogen-bond donors (Lipinski definition) is 1. The second-order valence-corrected chi connectivity index (χ2v) is 5.00. The summed E-state index contributed by atoms with van der Waals surface area (Å²) in [6.45, 7) is 2.57. The summed E-state index contributed by atoms with van der Waals surface area (Å²) in [4.78, 5) is 0. The average Bonchev–Trinajstić information content (AvgIpc) is 2.39. The lowest BCUT2D eigenvalue weighted by molar-refractivity contribution is 0.340. The Labute approximate surface area is 120 Å². The maximum atomic E-state index is 13.1. The number of benzene rings is 2. The van der Waals surface area contributed by atoms with Crippen LogP contribution in [0.25, 0.3) is 0 Å². The summed E-state index contributed by atoms with van der Waals surface area (Å²) in [5.74, 6) is 0.533. The maximum Gasteiger partial charge on any atom is 0.124 e. The Morgan fingerprint density at radius 2 is 1.89 bits per heavy atom. The van der Waals surface area contributed by atoms with Gasteiger partial charge in [-0.3, -0.25) is 0 Å². The van der Waals surface area contributed by atoms with E-state index < -0.39 is 0 Å². The molecule has 0 aliphatic carbocycles. The fourth-order valence-electron chi connectivity index (χ4n) is 1.87. The van der Waals surface area contributed by atoms with Gasteiger partial charge in [0.2, 0.25) is 0 Å². The molecule has 19 heavy (non-hydrogen) atoms. The van der Waals surface area contributed by atoms with Crippen molar-refractivity contribution in [3.05, 3.63) is 63.9 Å². The minimum atomic E-state index is -0.300. The van der Waals surface area contributed by atoms with Gasteiger partial charge >= 0.3 is 0 Å². The Morgan fingerprint density at radius 1 is 1.21 bits per heavy atom. The van der Waals surface area contributed by atoms with Crippen molar-refractivity contribution < 1.29 is 9.13 Å². The number of halogens is 2. The van der Waals surface area contributed by atoms with Gasteiger partial charge in [0.15, 0.2) is 0 Å². The zero-order chi connectivity index (χ0) is 13.8. The second-order valence-electron chi connectivity index (χ2n) is 4.15. The number of hydrogen-bond acceptors (Lipinski definition) is 2. The number of ether oxygens (including phenoxy) is 1. The summed E-state index contributed by atoms with van der Waals surface area (Å²) in [5.41, 5.74) is 8.00. The van der Waals surface area contributed by atoms with E-state index in [1.807, 2.05) is 31.2 Å². The molecule has 0 fully saturated rings. The van der Waals surface area contributed by atoms with Crippen LogP contribution in [0.5, 0.6) is 5.75 Å². The first-order chi connectivity index (χ1) is 9.11. The van der Waals surface area contributed by atoms with Crippen LogP contribution < -0.4 is 10.5 Å². The van der Waals surface area contributed by atoms with E-state index >= 15 is 0 Å². The van der Waals surface area contributed by atoms with Crippen LogP contribution in [-0.4, -0.2) is 6.61 Å². The van der Waals surface area contributed by atoms with Gasteiger partial charge in [0, 0.05) is 4.47 Å². The molecule has 0 spiro atoms. The van der Waals surface area contributed by atoms with E-state index in [4.69, 9.17) is 10.5 Å². The van der Waals surface area contributed by atoms with Crippen LogP contribution in [0.1, 0.15) is 24.1 Å². The molecule has 0 saturated heterocycles. The van der Waals surface area contributed by atoms with E-state index in [9.17, 15) is 4.39 Å². The molecule has 0 radical (unpaired) electrons. The molecule has 0 aliphatic heterocycles. The molecular formula is C15H15BrFNO. The van der Waals surface area contributed by atoms with Crippen molar-refractivity contribution in [1.82, 2.24) is 0 Å². The van der Waals surface area contributed by atoms with Crippen LogP contribution in [0.4, 0.5) is 4.39 Å². The van der Waals surface area contributed by atoms with Gasteiger partial charge in [0.1, 0.15) is 11.6 Å². The first kappa shape index (κ1) is 14.0. The fourth-order valence-corrected chi connectivity index (χ4v) is 2.47. The minimum absolute atomic E-state index is 0.283. The van der Waals surface area contributed by atoms with Gasteiger partial charge in [0.05, 0.1) is 12.6 Å². The molecule has 0 saturated carbocycles. The molecule has 0 heterocycles. The van der Waals surface area contributed by atoms with Crippen molar-refractivity contribution in [1.29, 1.82) is 0 Å². The summed E-state index contributed by atoms with van der Waals surface area (Å²) >= 11 is 3.34. The number of nitrogens with two attached hydrogens (primary N) is 1. The first-order valence-electron chi connectivity index (χ1n) is 6.05. The van der Waals surface area contributed by atoms with E-state index in [-0.39, 0.29) is 11.9 Å². The van der Waals surface area contributed by atoms with Crippen molar-refractivity contribution in [2.75, 3.05) is 6.61 Å². The van der Waals surface area contributed by atoms with Gasteiger partial charge in [-0.05, 0) is 42.3 Å². The Bertz CT molecular complexity index is 557. The summed E-state index contributed by atoms with van der Waals surface area (Å²) < 4.78 is 19.1. The molecule has 2 N–H and O–H groups in total. The molecule has 2 aromatic carbocycles. The molecule has 100 valence electrons. The van der Waals surface area contributed by atoms with Crippen molar-refractivity contribution in [3.63, 3.8) is 0 Å². The highest BCUT2D eigenvalue weighted by atomic mass is 79.9. The van der Waals surface area contributed by atoms with E-state index in [1.165, 1.54) is 12.1 Å². The second kappa shape index (κ2) is 6.17. The van der Waals surface area contributed by atoms with Gasteiger partial charge in [-0.25, -0.2) is 4.39 Å². The van der Waals surface area contributed by atoms with Crippen molar-refractivity contribution in [2.24, 2.45) is 5.73 Å². The van der Waals surface area contributed by atoms with Gasteiger partial charge < -0.3 is 10.5 Å². The van der Waals surface area contributed by atoms with Gasteiger partial charge in [-0.2, -0.15) is 0 Å². The smallest absolute Gasteiger partial charge is 0.124 e. The van der Waals surface area contributed by atoms with E-state index in [1.54, 1.807) is 6.07 Å². The van der Waals surface area contributed by atoms with E-state index in [0.717, 1.165) is 16.9 Å². The Hall–Kier alpha value is -1.39. The largest absolute Gasteiger partial charge is 0.494 e. The normalized spacial score (nSPS) is 12.2. The lowest BCUT2D eigenvalue weighted by Gasteiger charge is -2.15. The van der Waals surface area contributed by atoms with Gasteiger partial charge in [0.25, 0.3) is 0 Å². The fraction of sp³-hybridized carbons (Fsp3) is 0.200. The Kier molecular flexibility index (Phi) is 4.56. The average molecular weight is 324 g/mol. The molecule has 1 atom stereocenters. The highest BCUT2D eigenvalue weighted by molar-refractivity contribution is 9.10. The number of rotatable bonds is 4. The zero-order valence-corrected chi connectivity index (χ0v) is 12.2. The lowest BCUT2D eigenvalue weighted by Crippen LogP contribution is -2.12. The third kappa shape index (κ3) is 3.33. The first-order valence-corrected chi connectivity index (χ1v) is 6.84. The quantitative estimate of drug-likeness (QED) is 0.921.